The van der Waals surface area contributed by atoms with Gasteiger partial charge in [-0.05, 0) is 34.5 Å². The second-order valence-electron chi connectivity index (χ2n) is 3.79. The Balaban J connectivity index is 1.95. The topological polar surface area (TPSA) is 29.1 Å². The Morgan fingerprint density at radius 2 is 2.22 bits per heavy atom. The summed E-state index contributed by atoms with van der Waals surface area (Å²) in [5.41, 5.74) is 1.27. The van der Waals surface area contributed by atoms with E-state index in [1.807, 2.05) is 16.8 Å². The lowest BCUT2D eigenvalue weighted by molar-refractivity contribution is -0.120. The molecule has 0 unspecified atom stereocenters. The molecule has 0 aliphatic carbocycles. The maximum absolute atomic E-state index is 13.5. The molecule has 2 aromatic rings. The van der Waals surface area contributed by atoms with Gasteiger partial charge in [0.05, 0.1) is 6.42 Å². The highest BCUT2D eigenvalue weighted by Gasteiger charge is 2.11. The van der Waals surface area contributed by atoms with E-state index in [0.717, 1.165) is 5.56 Å². The molecule has 0 radical (unpaired) electrons. The van der Waals surface area contributed by atoms with Gasteiger partial charge < -0.3 is 5.32 Å². The quantitative estimate of drug-likeness (QED) is 0.915. The maximum Gasteiger partial charge on any atom is 0.224 e. The van der Waals surface area contributed by atoms with E-state index in [0.29, 0.717) is 6.54 Å². The van der Waals surface area contributed by atoms with Crippen molar-refractivity contribution in [2.75, 3.05) is 0 Å². The van der Waals surface area contributed by atoms with Crippen LogP contribution >= 0.6 is 22.9 Å². The predicted octanol–water partition coefficient (Wildman–Crippen LogP) is 3.40. The molecule has 1 aromatic heterocycles. The normalized spacial score (nSPS) is 10.3. The Kier molecular flexibility index (Phi) is 4.33. The van der Waals surface area contributed by atoms with Crippen LogP contribution in [0.4, 0.5) is 4.39 Å². The lowest BCUT2D eigenvalue weighted by Crippen LogP contribution is -2.24. The molecule has 0 saturated heterocycles. The van der Waals surface area contributed by atoms with Gasteiger partial charge in [0.2, 0.25) is 5.91 Å². The number of hydrogen-bond acceptors (Lipinski definition) is 2. The number of halogens is 2. The molecule has 0 bridgehead atoms. The first kappa shape index (κ1) is 13.1. The van der Waals surface area contributed by atoms with Crippen molar-refractivity contribution >= 4 is 28.8 Å². The van der Waals surface area contributed by atoms with Crippen LogP contribution in [0.2, 0.25) is 5.02 Å². The third-order valence-electron chi connectivity index (χ3n) is 2.47. The molecule has 1 aromatic carbocycles. The lowest BCUT2D eigenvalue weighted by atomic mass is 10.1. The zero-order valence-electron chi connectivity index (χ0n) is 9.45. The molecular weight excluding hydrogens is 273 g/mol. The highest BCUT2D eigenvalue weighted by molar-refractivity contribution is 7.07. The second kappa shape index (κ2) is 5.98. The number of thiophene rings is 1. The Morgan fingerprint density at radius 3 is 2.89 bits per heavy atom. The lowest BCUT2D eigenvalue weighted by Gasteiger charge is -2.06. The first-order chi connectivity index (χ1) is 8.66. The summed E-state index contributed by atoms with van der Waals surface area (Å²) < 4.78 is 13.5. The van der Waals surface area contributed by atoms with Gasteiger partial charge in [-0.2, -0.15) is 11.3 Å². The Labute approximate surface area is 113 Å². The van der Waals surface area contributed by atoms with Gasteiger partial charge in [0.1, 0.15) is 5.82 Å². The van der Waals surface area contributed by atoms with Crippen LogP contribution in [0.15, 0.2) is 35.0 Å². The minimum absolute atomic E-state index is 0.0460. The summed E-state index contributed by atoms with van der Waals surface area (Å²) in [6.45, 7) is 0.453. The number of nitrogens with one attached hydrogen (secondary N) is 1. The van der Waals surface area contributed by atoms with Gasteiger partial charge in [-0.1, -0.05) is 17.7 Å². The molecule has 0 fully saturated rings. The molecule has 94 valence electrons. The van der Waals surface area contributed by atoms with E-state index in [1.54, 1.807) is 17.4 Å². The van der Waals surface area contributed by atoms with Gasteiger partial charge in [0.15, 0.2) is 0 Å². The molecule has 1 N–H and O–H groups in total. The first-order valence-corrected chi connectivity index (χ1v) is 6.69. The smallest absolute Gasteiger partial charge is 0.224 e. The van der Waals surface area contributed by atoms with Crippen molar-refractivity contribution in [1.82, 2.24) is 5.32 Å². The zero-order valence-corrected chi connectivity index (χ0v) is 11.0. The van der Waals surface area contributed by atoms with Crippen LogP contribution in [0.3, 0.4) is 0 Å². The van der Waals surface area contributed by atoms with Crippen LogP contribution in [0.5, 0.6) is 0 Å². The summed E-state index contributed by atoms with van der Waals surface area (Å²) in [5.74, 6) is -0.693. The molecule has 0 saturated carbocycles. The van der Waals surface area contributed by atoms with Crippen molar-refractivity contribution in [1.29, 1.82) is 0 Å². The van der Waals surface area contributed by atoms with Crippen LogP contribution < -0.4 is 5.32 Å². The fourth-order valence-corrected chi connectivity index (χ4v) is 2.42. The zero-order chi connectivity index (χ0) is 13.0. The summed E-state index contributed by atoms with van der Waals surface area (Å²) in [5, 5.41) is 6.90. The van der Waals surface area contributed by atoms with Crippen molar-refractivity contribution in [2.45, 2.75) is 13.0 Å². The molecule has 2 rings (SSSR count). The second-order valence-corrected chi connectivity index (χ2v) is 4.97. The average molecular weight is 284 g/mol. The third kappa shape index (κ3) is 3.31. The van der Waals surface area contributed by atoms with Crippen LogP contribution in [0.25, 0.3) is 0 Å². The molecule has 18 heavy (non-hydrogen) atoms. The van der Waals surface area contributed by atoms with E-state index in [4.69, 9.17) is 11.6 Å². The molecule has 0 spiro atoms. The molecule has 2 nitrogen and oxygen atoms in total. The first-order valence-electron chi connectivity index (χ1n) is 5.37. The molecule has 0 aliphatic rings. The monoisotopic (exact) mass is 283 g/mol. The van der Waals surface area contributed by atoms with Gasteiger partial charge in [-0.3, -0.25) is 4.79 Å². The number of amides is 1. The van der Waals surface area contributed by atoms with E-state index in [1.165, 1.54) is 12.1 Å². The van der Waals surface area contributed by atoms with E-state index < -0.39 is 5.82 Å². The van der Waals surface area contributed by atoms with Crippen molar-refractivity contribution < 1.29 is 9.18 Å². The molecule has 1 heterocycles. The SMILES string of the molecule is O=C(Cc1c(F)cccc1Cl)NCc1ccsc1. The standard InChI is InChI=1S/C13H11ClFNOS/c14-11-2-1-3-12(15)10(11)6-13(17)16-7-9-4-5-18-8-9/h1-5,8H,6-7H2,(H,16,17). The van der Waals surface area contributed by atoms with Gasteiger partial charge in [-0.15, -0.1) is 0 Å². The average Bonchev–Trinajstić information content (AvgIpc) is 2.84. The van der Waals surface area contributed by atoms with Crippen LogP contribution in [-0.2, 0) is 17.8 Å². The van der Waals surface area contributed by atoms with E-state index in [9.17, 15) is 9.18 Å². The third-order valence-corrected chi connectivity index (χ3v) is 3.55. The Bertz CT molecular complexity index is 522. The summed E-state index contributed by atoms with van der Waals surface area (Å²) in [4.78, 5) is 11.7. The predicted molar refractivity (Wildman–Crippen MR) is 71.3 cm³/mol. The van der Waals surface area contributed by atoms with Crippen molar-refractivity contribution in [3.8, 4) is 0 Å². The van der Waals surface area contributed by atoms with Crippen molar-refractivity contribution in [2.24, 2.45) is 0 Å². The minimum atomic E-state index is -0.451. The summed E-state index contributed by atoms with van der Waals surface area (Å²) in [6, 6.07) is 6.32. The number of rotatable bonds is 4. The molecule has 1 amide bonds. The summed E-state index contributed by atoms with van der Waals surface area (Å²) in [6.07, 6.45) is -0.0460. The van der Waals surface area contributed by atoms with Crippen LogP contribution in [-0.4, -0.2) is 5.91 Å². The number of hydrogen-bond donors (Lipinski definition) is 1. The highest BCUT2D eigenvalue weighted by Crippen LogP contribution is 2.19. The fraction of sp³-hybridized carbons (Fsp3) is 0.154. The number of carbonyl (C=O) groups is 1. The summed E-state index contributed by atoms with van der Waals surface area (Å²) >= 11 is 7.42. The van der Waals surface area contributed by atoms with Crippen molar-refractivity contribution in [3.05, 3.63) is 57.0 Å². The van der Waals surface area contributed by atoms with Gasteiger partial charge in [0.25, 0.3) is 0 Å². The summed E-state index contributed by atoms with van der Waals surface area (Å²) in [7, 11) is 0. The van der Waals surface area contributed by atoms with Crippen LogP contribution in [0, 0.1) is 5.82 Å². The molecular formula is C13H11ClFNOS. The van der Waals surface area contributed by atoms with E-state index >= 15 is 0 Å². The van der Waals surface area contributed by atoms with E-state index in [2.05, 4.69) is 5.32 Å². The van der Waals surface area contributed by atoms with E-state index in [-0.39, 0.29) is 22.9 Å². The Morgan fingerprint density at radius 1 is 1.39 bits per heavy atom. The highest BCUT2D eigenvalue weighted by atomic mass is 35.5. The van der Waals surface area contributed by atoms with Crippen LogP contribution in [0.1, 0.15) is 11.1 Å². The largest absolute Gasteiger partial charge is 0.352 e. The molecule has 0 atom stereocenters. The number of carbonyl (C=O) groups excluding carboxylic acids is 1. The van der Waals surface area contributed by atoms with Crippen molar-refractivity contribution in [3.63, 3.8) is 0 Å². The molecule has 0 aliphatic heterocycles. The van der Waals surface area contributed by atoms with Gasteiger partial charge in [-0.25, -0.2) is 4.39 Å². The minimum Gasteiger partial charge on any atom is -0.352 e. The fourth-order valence-electron chi connectivity index (χ4n) is 1.52. The van der Waals surface area contributed by atoms with Gasteiger partial charge in [0, 0.05) is 17.1 Å². The van der Waals surface area contributed by atoms with Gasteiger partial charge >= 0.3 is 0 Å². The molecule has 5 heteroatoms. The number of benzene rings is 1. The Hall–Kier alpha value is -1.39. The maximum atomic E-state index is 13.5.